The van der Waals surface area contributed by atoms with Crippen LogP contribution in [-0.2, 0) is 10.0 Å². The Balaban J connectivity index is 0.00000729. The summed E-state index contributed by atoms with van der Waals surface area (Å²) < 4.78 is 27.1. The Morgan fingerprint density at radius 3 is 2.36 bits per heavy atom. The van der Waals surface area contributed by atoms with Crippen molar-refractivity contribution in [3.8, 4) is 0 Å². The van der Waals surface area contributed by atoms with Crippen molar-refractivity contribution < 1.29 is 13.5 Å². The molecule has 0 aliphatic carbocycles. The number of aliphatic hydroxyl groups is 1. The van der Waals surface area contributed by atoms with E-state index in [1.54, 1.807) is 24.3 Å². The van der Waals surface area contributed by atoms with E-state index in [1.165, 1.54) is 0 Å². The minimum absolute atomic E-state index is 0. The highest BCUT2D eigenvalue weighted by Gasteiger charge is 2.13. The van der Waals surface area contributed by atoms with E-state index in [-0.39, 0.29) is 42.0 Å². The minimum atomic E-state index is -3.51. The van der Waals surface area contributed by atoms with Gasteiger partial charge in [0.25, 0.3) is 0 Å². The summed E-state index contributed by atoms with van der Waals surface area (Å²) in [7, 11) is -3.51. The molecular formula is C19H35IN4O3S. The molecule has 0 aromatic heterocycles. The molecule has 9 heteroatoms. The number of hydrogen-bond acceptors (Lipinski definition) is 4. The Bertz CT molecular complexity index is 660. The standard InChI is InChI=1S/C19H34N4O3S.HI/c1-4-6-17(11-14-24)15-22-19(20-5-2)21-12-13-23-27(25,26)18-9-7-16(3)8-10-18;/h7-10,17,23-24H,4-6,11-15H2,1-3H3,(H2,20,21,22);1H. The molecule has 162 valence electrons. The molecule has 0 fully saturated rings. The van der Waals surface area contributed by atoms with Gasteiger partial charge < -0.3 is 15.7 Å². The molecule has 1 aromatic rings. The molecule has 0 saturated carbocycles. The Labute approximate surface area is 186 Å². The van der Waals surface area contributed by atoms with Gasteiger partial charge in [-0.05, 0) is 44.7 Å². The summed E-state index contributed by atoms with van der Waals surface area (Å²) in [6, 6.07) is 6.76. The second kappa shape index (κ2) is 15.0. The van der Waals surface area contributed by atoms with Crippen molar-refractivity contribution in [3.63, 3.8) is 0 Å². The molecule has 0 radical (unpaired) electrons. The highest BCUT2D eigenvalue weighted by atomic mass is 127. The van der Waals surface area contributed by atoms with Gasteiger partial charge in [-0.25, -0.2) is 13.1 Å². The summed E-state index contributed by atoms with van der Waals surface area (Å²) in [6.45, 7) is 8.24. The van der Waals surface area contributed by atoms with Gasteiger partial charge in [-0.2, -0.15) is 0 Å². The van der Waals surface area contributed by atoms with Crippen LogP contribution >= 0.6 is 24.0 Å². The molecule has 7 nitrogen and oxygen atoms in total. The fraction of sp³-hybridized carbons (Fsp3) is 0.632. The van der Waals surface area contributed by atoms with E-state index < -0.39 is 10.0 Å². The summed E-state index contributed by atoms with van der Waals surface area (Å²) in [4.78, 5) is 4.82. The lowest BCUT2D eigenvalue weighted by molar-refractivity contribution is 0.253. The van der Waals surface area contributed by atoms with E-state index in [0.29, 0.717) is 25.0 Å². The molecule has 1 aromatic carbocycles. The number of aryl methyl sites for hydroxylation is 1. The van der Waals surface area contributed by atoms with Crippen LogP contribution in [0, 0.1) is 12.8 Å². The lowest BCUT2D eigenvalue weighted by atomic mass is 10.0. The fourth-order valence-electron chi connectivity index (χ4n) is 2.65. The van der Waals surface area contributed by atoms with Gasteiger partial charge in [0.1, 0.15) is 0 Å². The van der Waals surface area contributed by atoms with E-state index >= 15 is 0 Å². The monoisotopic (exact) mass is 526 g/mol. The first-order valence-electron chi connectivity index (χ1n) is 9.62. The van der Waals surface area contributed by atoms with Gasteiger partial charge in [0, 0.05) is 32.8 Å². The van der Waals surface area contributed by atoms with Gasteiger partial charge in [0.15, 0.2) is 5.96 Å². The summed E-state index contributed by atoms with van der Waals surface area (Å²) in [5.74, 6) is 1.02. The Morgan fingerprint density at radius 2 is 1.79 bits per heavy atom. The van der Waals surface area contributed by atoms with Gasteiger partial charge in [0.05, 0.1) is 4.90 Å². The summed E-state index contributed by atoms with van der Waals surface area (Å²) in [5, 5.41) is 15.4. The molecule has 0 spiro atoms. The third-order valence-electron chi connectivity index (χ3n) is 4.13. The number of halogens is 1. The maximum absolute atomic E-state index is 12.3. The van der Waals surface area contributed by atoms with Gasteiger partial charge >= 0.3 is 0 Å². The van der Waals surface area contributed by atoms with Crippen LogP contribution in [0.25, 0.3) is 0 Å². The normalized spacial score (nSPS) is 12.9. The zero-order valence-electron chi connectivity index (χ0n) is 17.1. The number of sulfonamides is 1. The number of nitrogens with zero attached hydrogens (tertiary/aromatic N) is 1. The van der Waals surface area contributed by atoms with Gasteiger partial charge in [-0.15, -0.1) is 24.0 Å². The van der Waals surface area contributed by atoms with E-state index in [1.807, 2.05) is 13.8 Å². The van der Waals surface area contributed by atoms with Crippen LogP contribution in [-0.4, -0.2) is 52.3 Å². The Kier molecular flexibility index (Phi) is 14.5. The summed E-state index contributed by atoms with van der Waals surface area (Å²) in [5.41, 5.74) is 1.02. The van der Waals surface area contributed by atoms with E-state index in [2.05, 4.69) is 27.3 Å². The van der Waals surface area contributed by atoms with E-state index in [0.717, 1.165) is 31.4 Å². The number of aliphatic hydroxyl groups excluding tert-OH is 1. The first-order valence-corrected chi connectivity index (χ1v) is 11.1. The maximum Gasteiger partial charge on any atom is 0.240 e. The zero-order chi connectivity index (χ0) is 20.1. The third-order valence-corrected chi connectivity index (χ3v) is 5.60. The molecule has 0 bridgehead atoms. The van der Waals surface area contributed by atoms with Crippen LogP contribution in [0.15, 0.2) is 34.2 Å². The first-order chi connectivity index (χ1) is 12.9. The summed E-state index contributed by atoms with van der Waals surface area (Å²) >= 11 is 0. The predicted molar refractivity (Wildman–Crippen MR) is 126 cm³/mol. The average Bonchev–Trinajstić information content (AvgIpc) is 2.63. The number of nitrogens with one attached hydrogen (secondary N) is 3. The van der Waals surface area contributed by atoms with Crippen LogP contribution < -0.4 is 15.4 Å². The zero-order valence-corrected chi connectivity index (χ0v) is 20.2. The Hall–Kier alpha value is -0.910. The number of aliphatic imine (C=N–C) groups is 1. The predicted octanol–water partition coefficient (Wildman–Crippen LogP) is 2.25. The molecule has 0 amide bonds. The molecule has 1 unspecified atom stereocenters. The van der Waals surface area contributed by atoms with Crippen LogP contribution in [0.3, 0.4) is 0 Å². The topological polar surface area (TPSA) is 103 Å². The molecule has 4 N–H and O–H groups in total. The number of benzene rings is 1. The maximum atomic E-state index is 12.3. The lowest BCUT2D eigenvalue weighted by Crippen LogP contribution is -2.41. The number of hydrogen-bond donors (Lipinski definition) is 4. The molecule has 1 atom stereocenters. The van der Waals surface area contributed by atoms with Crippen molar-refractivity contribution in [3.05, 3.63) is 29.8 Å². The molecule has 0 aliphatic rings. The number of rotatable bonds is 12. The smallest absolute Gasteiger partial charge is 0.240 e. The van der Waals surface area contributed by atoms with Crippen LogP contribution in [0.1, 0.15) is 38.7 Å². The highest BCUT2D eigenvalue weighted by molar-refractivity contribution is 14.0. The van der Waals surface area contributed by atoms with Crippen LogP contribution in [0.4, 0.5) is 0 Å². The van der Waals surface area contributed by atoms with Gasteiger partial charge in [0.2, 0.25) is 10.0 Å². The molecule has 28 heavy (non-hydrogen) atoms. The van der Waals surface area contributed by atoms with Crippen LogP contribution in [0.2, 0.25) is 0 Å². The molecule has 0 heterocycles. The SMILES string of the molecule is CCCC(CCO)CN=C(NCC)NCCNS(=O)(=O)c1ccc(C)cc1.I. The largest absolute Gasteiger partial charge is 0.396 e. The van der Waals surface area contributed by atoms with Crippen molar-refractivity contribution in [1.29, 1.82) is 0 Å². The molecular weight excluding hydrogens is 491 g/mol. The van der Waals surface area contributed by atoms with Crippen LogP contribution in [0.5, 0.6) is 0 Å². The van der Waals surface area contributed by atoms with Crippen molar-refractivity contribution in [1.82, 2.24) is 15.4 Å². The highest BCUT2D eigenvalue weighted by Crippen LogP contribution is 2.11. The van der Waals surface area contributed by atoms with E-state index in [4.69, 9.17) is 5.11 Å². The average molecular weight is 526 g/mol. The quantitative estimate of drug-likeness (QED) is 0.145. The first kappa shape index (κ1) is 27.1. The van der Waals surface area contributed by atoms with Gasteiger partial charge in [-0.3, -0.25) is 4.99 Å². The van der Waals surface area contributed by atoms with Crippen molar-refractivity contribution >= 4 is 40.0 Å². The number of guanidine groups is 1. The van der Waals surface area contributed by atoms with Crippen molar-refractivity contribution in [2.24, 2.45) is 10.9 Å². The Morgan fingerprint density at radius 1 is 1.11 bits per heavy atom. The summed E-state index contributed by atoms with van der Waals surface area (Å²) in [6.07, 6.45) is 2.83. The lowest BCUT2D eigenvalue weighted by Gasteiger charge is -2.15. The molecule has 0 saturated heterocycles. The fourth-order valence-corrected chi connectivity index (χ4v) is 3.68. The minimum Gasteiger partial charge on any atom is -0.396 e. The third kappa shape index (κ3) is 10.6. The second-order valence-corrected chi connectivity index (χ2v) is 8.29. The molecule has 1 rings (SSSR count). The second-order valence-electron chi connectivity index (χ2n) is 6.52. The van der Waals surface area contributed by atoms with Crippen molar-refractivity contribution in [2.75, 3.05) is 32.8 Å². The molecule has 0 aliphatic heterocycles. The van der Waals surface area contributed by atoms with E-state index in [9.17, 15) is 8.42 Å². The van der Waals surface area contributed by atoms with Crippen molar-refractivity contribution in [2.45, 2.75) is 44.9 Å². The van der Waals surface area contributed by atoms with Gasteiger partial charge in [-0.1, -0.05) is 31.0 Å².